The van der Waals surface area contributed by atoms with Gasteiger partial charge in [0.25, 0.3) is 5.91 Å². The van der Waals surface area contributed by atoms with Gasteiger partial charge in [-0.25, -0.2) is 0 Å². The van der Waals surface area contributed by atoms with Crippen LogP contribution < -0.4 is 0 Å². The molecular weight excluding hydrogens is 200 g/mol. The summed E-state index contributed by atoms with van der Waals surface area (Å²) >= 11 is 0. The predicted octanol–water partition coefficient (Wildman–Crippen LogP) is 2.77. The lowest BCUT2D eigenvalue weighted by Gasteiger charge is -2.19. The van der Waals surface area contributed by atoms with Gasteiger partial charge in [0.05, 0.1) is 5.54 Å². The second-order valence-electron chi connectivity index (χ2n) is 5.11. The summed E-state index contributed by atoms with van der Waals surface area (Å²) in [6, 6.07) is 0. The summed E-state index contributed by atoms with van der Waals surface area (Å²) in [4.78, 5) is 18.3. The Morgan fingerprint density at radius 1 is 1.31 bits per heavy atom. The van der Waals surface area contributed by atoms with Crippen molar-refractivity contribution < 1.29 is 4.79 Å². The molecule has 0 spiro atoms. The minimum Gasteiger partial charge on any atom is -0.294 e. The van der Waals surface area contributed by atoms with Gasteiger partial charge in [-0.05, 0) is 40.2 Å². The van der Waals surface area contributed by atoms with Gasteiger partial charge >= 0.3 is 0 Å². The monoisotopic (exact) mass is 222 g/mol. The molecule has 16 heavy (non-hydrogen) atoms. The highest BCUT2D eigenvalue weighted by Gasteiger charge is 2.28. The standard InChI is InChI=1S/C13H22N2O/c1-6-8-10-9-11(14-13(3,4)5)15(7-2)12(10)16/h9H,6-8H2,1-5H3. The Hall–Kier alpha value is -1.12. The molecule has 1 aliphatic heterocycles. The highest BCUT2D eigenvalue weighted by Crippen LogP contribution is 2.20. The molecule has 0 aromatic carbocycles. The van der Waals surface area contributed by atoms with Gasteiger partial charge in [-0.2, -0.15) is 0 Å². The van der Waals surface area contributed by atoms with Crippen molar-refractivity contribution >= 4 is 11.7 Å². The van der Waals surface area contributed by atoms with Crippen LogP contribution in [0.1, 0.15) is 47.5 Å². The van der Waals surface area contributed by atoms with Crippen molar-refractivity contribution in [3.05, 3.63) is 11.6 Å². The molecule has 0 atom stereocenters. The molecule has 1 heterocycles. The van der Waals surface area contributed by atoms with Gasteiger partial charge in [0.1, 0.15) is 5.84 Å². The Bertz CT molecular complexity index is 334. The van der Waals surface area contributed by atoms with E-state index in [1.165, 1.54) is 0 Å². The second kappa shape index (κ2) is 4.81. The zero-order valence-corrected chi connectivity index (χ0v) is 11.0. The van der Waals surface area contributed by atoms with Crippen molar-refractivity contribution in [3.8, 4) is 0 Å². The molecule has 0 N–H and O–H groups in total. The molecule has 3 nitrogen and oxygen atoms in total. The summed E-state index contributed by atoms with van der Waals surface area (Å²) in [6.07, 6.45) is 3.79. The van der Waals surface area contributed by atoms with Crippen LogP contribution in [0.5, 0.6) is 0 Å². The summed E-state index contributed by atoms with van der Waals surface area (Å²) in [5.74, 6) is 0.954. The number of aliphatic imine (C=N–C) groups is 1. The maximum atomic E-state index is 12.0. The summed E-state index contributed by atoms with van der Waals surface area (Å²) in [6.45, 7) is 10.9. The Balaban J connectivity index is 3.00. The largest absolute Gasteiger partial charge is 0.294 e. The van der Waals surface area contributed by atoms with E-state index >= 15 is 0 Å². The third-order valence-electron chi connectivity index (χ3n) is 2.39. The first-order valence-corrected chi connectivity index (χ1v) is 6.01. The third kappa shape index (κ3) is 2.94. The molecule has 1 aliphatic rings. The molecule has 0 aromatic rings. The minimum absolute atomic E-state index is 0.132. The SMILES string of the molecule is CCCC1=CC(=NC(C)(C)C)N(CC)C1=O. The van der Waals surface area contributed by atoms with Crippen LogP contribution in [0.4, 0.5) is 0 Å². The van der Waals surface area contributed by atoms with E-state index in [4.69, 9.17) is 0 Å². The molecule has 3 heteroatoms. The number of amidine groups is 1. The highest BCUT2D eigenvalue weighted by molar-refractivity contribution is 6.18. The number of carbonyl (C=O) groups is 1. The summed E-state index contributed by atoms with van der Waals surface area (Å²) in [5, 5.41) is 0. The van der Waals surface area contributed by atoms with E-state index in [2.05, 4.69) is 11.9 Å². The van der Waals surface area contributed by atoms with Gasteiger partial charge in [0.2, 0.25) is 0 Å². The van der Waals surface area contributed by atoms with Gasteiger partial charge in [-0.1, -0.05) is 13.3 Å². The highest BCUT2D eigenvalue weighted by atomic mass is 16.2. The topological polar surface area (TPSA) is 32.7 Å². The first-order valence-electron chi connectivity index (χ1n) is 6.01. The van der Waals surface area contributed by atoms with Crippen molar-refractivity contribution in [2.24, 2.45) is 4.99 Å². The molecule has 1 rings (SSSR count). The number of rotatable bonds is 3. The molecule has 0 saturated heterocycles. The number of amides is 1. The number of likely N-dealkylation sites (N-methyl/N-ethyl adjacent to an activating group) is 1. The van der Waals surface area contributed by atoms with Crippen molar-refractivity contribution in [3.63, 3.8) is 0 Å². The van der Waals surface area contributed by atoms with Crippen LogP contribution in [0, 0.1) is 0 Å². The Morgan fingerprint density at radius 2 is 1.94 bits per heavy atom. The molecule has 0 unspecified atom stereocenters. The van der Waals surface area contributed by atoms with E-state index in [-0.39, 0.29) is 11.4 Å². The van der Waals surface area contributed by atoms with E-state index in [1.807, 2.05) is 33.8 Å². The van der Waals surface area contributed by atoms with Crippen LogP contribution in [0.2, 0.25) is 0 Å². The summed E-state index contributed by atoms with van der Waals surface area (Å²) in [7, 11) is 0. The molecule has 0 saturated carbocycles. The van der Waals surface area contributed by atoms with Crippen LogP contribution in [-0.2, 0) is 4.79 Å². The molecule has 1 amide bonds. The van der Waals surface area contributed by atoms with E-state index in [0.717, 1.165) is 24.3 Å². The fraction of sp³-hybridized carbons (Fsp3) is 0.692. The zero-order valence-electron chi connectivity index (χ0n) is 11.0. The summed E-state index contributed by atoms with van der Waals surface area (Å²) < 4.78 is 0. The van der Waals surface area contributed by atoms with Gasteiger partial charge in [-0.15, -0.1) is 0 Å². The minimum atomic E-state index is -0.138. The fourth-order valence-electron chi connectivity index (χ4n) is 1.76. The number of carbonyl (C=O) groups excluding carboxylic acids is 1. The van der Waals surface area contributed by atoms with Gasteiger partial charge in [-0.3, -0.25) is 14.7 Å². The van der Waals surface area contributed by atoms with Gasteiger partial charge in [0.15, 0.2) is 0 Å². The van der Waals surface area contributed by atoms with Crippen LogP contribution in [0.3, 0.4) is 0 Å². The molecular formula is C13H22N2O. The zero-order chi connectivity index (χ0) is 12.3. The average molecular weight is 222 g/mol. The Kier molecular flexibility index (Phi) is 3.89. The maximum absolute atomic E-state index is 12.0. The fourth-order valence-corrected chi connectivity index (χ4v) is 1.76. The van der Waals surface area contributed by atoms with Crippen molar-refractivity contribution in [2.45, 2.75) is 53.0 Å². The van der Waals surface area contributed by atoms with Crippen molar-refractivity contribution in [1.82, 2.24) is 4.90 Å². The van der Waals surface area contributed by atoms with Crippen LogP contribution in [-0.4, -0.2) is 28.7 Å². The van der Waals surface area contributed by atoms with Crippen LogP contribution in [0.15, 0.2) is 16.6 Å². The van der Waals surface area contributed by atoms with E-state index in [1.54, 1.807) is 4.90 Å². The molecule has 0 radical (unpaired) electrons. The van der Waals surface area contributed by atoms with Crippen LogP contribution >= 0.6 is 0 Å². The number of hydrogen-bond donors (Lipinski definition) is 0. The van der Waals surface area contributed by atoms with Gasteiger partial charge in [0, 0.05) is 12.1 Å². The third-order valence-corrected chi connectivity index (χ3v) is 2.39. The second-order valence-corrected chi connectivity index (χ2v) is 5.11. The first-order chi connectivity index (χ1) is 7.39. The molecule has 0 fully saturated rings. The molecule has 0 aromatic heterocycles. The lowest BCUT2D eigenvalue weighted by molar-refractivity contribution is -0.122. The normalized spacial score (nSPS) is 19.6. The number of nitrogens with zero attached hydrogens (tertiary/aromatic N) is 2. The Labute approximate surface area is 98.2 Å². The molecule has 0 aliphatic carbocycles. The van der Waals surface area contributed by atoms with Crippen molar-refractivity contribution in [1.29, 1.82) is 0 Å². The maximum Gasteiger partial charge on any atom is 0.255 e. The van der Waals surface area contributed by atoms with Crippen LogP contribution in [0.25, 0.3) is 0 Å². The van der Waals surface area contributed by atoms with E-state index in [0.29, 0.717) is 6.54 Å². The predicted molar refractivity (Wildman–Crippen MR) is 67.6 cm³/mol. The first kappa shape index (κ1) is 12.9. The van der Waals surface area contributed by atoms with Crippen molar-refractivity contribution in [2.75, 3.05) is 6.54 Å². The molecule has 90 valence electrons. The smallest absolute Gasteiger partial charge is 0.255 e. The Morgan fingerprint density at radius 3 is 2.38 bits per heavy atom. The van der Waals surface area contributed by atoms with E-state index < -0.39 is 0 Å². The summed E-state index contributed by atoms with van der Waals surface area (Å²) in [5.41, 5.74) is 0.758. The quantitative estimate of drug-likeness (QED) is 0.722. The lowest BCUT2D eigenvalue weighted by Crippen LogP contribution is -2.32. The van der Waals surface area contributed by atoms with E-state index in [9.17, 15) is 4.79 Å². The van der Waals surface area contributed by atoms with Gasteiger partial charge < -0.3 is 0 Å². The average Bonchev–Trinajstić information content (AvgIpc) is 2.41. The lowest BCUT2D eigenvalue weighted by atomic mass is 10.1. The molecule has 0 bridgehead atoms. The number of hydrogen-bond acceptors (Lipinski definition) is 2.